The minimum atomic E-state index is 0.752. The maximum Gasteiger partial charge on any atom is 0.194 e. The molecule has 0 aliphatic carbocycles. The van der Waals surface area contributed by atoms with Crippen molar-refractivity contribution in [3.8, 4) is 11.5 Å². The fraction of sp³-hybridized carbons (Fsp3) is 0.455. The maximum absolute atomic E-state index is 5.48. The second kappa shape index (κ2) is 9.44. The van der Waals surface area contributed by atoms with Crippen LogP contribution in [0.25, 0.3) is 0 Å². The first kappa shape index (κ1) is 20.0. The lowest BCUT2D eigenvalue weighted by molar-refractivity contribution is 0.346. The van der Waals surface area contributed by atoms with E-state index < -0.39 is 0 Å². The number of ether oxygens (including phenoxy) is 2. The van der Waals surface area contributed by atoms with Gasteiger partial charge in [-0.3, -0.25) is 9.98 Å². The zero-order valence-electron chi connectivity index (χ0n) is 17.3. The first-order valence-electron chi connectivity index (χ1n) is 9.82. The molecule has 0 amide bonds. The number of aromatic nitrogens is 1. The van der Waals surface area contributed by atoms with E-state index in [4.69, 9.17) is 14.5 Å². The Bertz CT molecular complexity index is 835. The van der Waals surface area contributed by atoms with Crippen LogP contribution in [0.15, 0.2) is 35.6 Å². The predicted octanol–water partition coefficient (Wildman–Crippen LogP) is 2.97. The number of nitrogens with one attached hydrogen (secondary N) is 1. The lowest BCUT2D eigenvalue weighted by Gasteiger charge is -2.32. The van der Waals surface area contributed by atoms with Gasteiger partial charge in [0, 0.05) is 38.6 Å². The van der Waals surface area contributed by atoms with E-state index in [1.54, 1.807) is 14.2 Å². The average Bonchev–Trinajstić information content (AvgIpc) is 2.73. The number of aryl methyl sites for hydroxylation is 1. The summed E-state index contributed by atoms with van der Waals surface area (Å²) in [5.41, 5.74) is 5.10. The van der Waals surface area contributed by atoms with Crippen molar-refractivity contribution in [2.45, 2.75) is 33.2 Å². The molecule has 1 aliphatic rings. The number of nitrogens with zero attached hydrogens (tertiary/aromatic N) is 3. The van der Waals surface area contributed by atoms with E-state index >= 15 is 0 Å². The Kier molecular flexibility index (Phi) is 6.74. The molecule has 0 saturated heterocycles. The minimum absolute atomic E-state index is 0.752. The number of rotatable bonds is 6. The summed E-state index contributed by atoms with van der Waals surface area (Å²) in [5.74, 6) is 2.54. The third kappa shape index (κ3) is 4.55. The molecule has 3 rings (SSSR count). The van der Waals surface area contributed by atoms with Crippen molar-refractivity contribution in [2.75, 3.05) is 33.9 Å². The highest BCUT2D eigenvalue weighted by Gasteiger charge is 2.21. The van der Waals surface area contributed by atoms with Crippen molar-refractivity contribution in [1.82, 2.24) is 15.2 Å². The van der Waals surface area contributed by atoms with Crippen LogP contribution in [0.4, 0.5) is 0 Å². The minimum Gasteiger partial charge on any atom is -0.493 e. The van der Waals surface area contributed by atoms with Crippen LogP contribution in [-0.4, -0.2) is 49.7 Å². The SMILES string of the molecule is CCNC(=NCCc1ccncc1C)N1CCc2cc(OC)c(OC)cc2C1. The summed E-state index contributed by atoms with van der Waals surface area (Å²) in [6, 6.07) is 6.26. The number of aliphatic imine (C=N–C) groups is 1. The zero-order valence-corrected chi connectivity index (χ0v) is 17.3. The van der Waals surface area contributed by atoms with Gasteiger partial charge in [-0.25, -0.2) is 0 Å². The number of guanidine groups is 1. The van der Waals surface area contributed by atoms with Crippen molar-refractivity contribution in [3.63, 3.8) is 0 Å². The summed E-state index contributed by atoms with van der Waals surface area (Å²) in [5, 5.41) is 3.44. The van der Waals surface area contributed by atoms with Gasteiger partial charge in [0.1, 0.15) is 0 Å². The fourth-order valence-corrected chi connectivity index (χ4v) is 3.55. The summed E-state index contributed by atoms with van der Waals surface area (Å²) >= 11 is 0. The smallest absolute Gasteiger partial charge is 0.194 e. The topological polar surface area (TPSA) is 59.0 Å². The molecule has 150 valence electrons. The van der Waals surface area contributed by atoms with E-state index in [0.717, 1.165) is 56.5 Å². The molecule has 2 heterocycles. The predicted molar refractivity (Wildman–Crippen MR) is 112 cm³/mol. The molecular formula is C22H30N4O2. The molecule has 0 spiro atoms. The number of benzene rings is 1. The first-order valence-corrected chi connectivity index (χ1v) is 9.82. The lowest BCUT2D eigenvalue weighted by Crippen LogP contribution is -2.44. The van der Waals surface area contributed by atoms with E-state index in [2.05, 4.69) is 47.2 Å². The molecule has 2 aromatic rings. The quantitative estimate of drug-likeness (QED) is 0.615. The lowest BCUT2D eigenvalue weighted by atomic mass is 9.99. The molecule has 1 N–H and O–H groups in total. The van der Waals surface area contributed by atoms with Gasteiger partial charge in [0.15, 0.2) is 17.5 Å². The number of fused-ring (bicyclic) bond motifs is 1. The van der Waals surface area contributed by atoms with Crippen LogP contribution in [0.3, 0.4) is 0 Å². The van der Waals surface area contributed by atoms with E-state index in [9.17, 15) is 0 Å². The average molecular weight is 383 g/mol. The van der Waals surface area contributed by atoms with Crippen LogP contribution in [0.5, 0.6) is 11.5 Å². The monoisotopic (exact) mass is 382 g/mol. The third-order valence-electron chi connectivity index (χ3n) is 5.13. The Morgan fingerprint density at radius 3 is 2.64 bits per heavy atom. The Hall–Kier alpha value is -2.76. The summed E-state index contributed by atoms with van der Waals surface area (Å²) in [7, 11) is 3.36. The number of pyridine rings is 1. The maximum atomic E-state index is 5.48. The molecule has 28 heavy (non-hydrogen) atoms. The van der Waals surface area contributed by atoms with E-state index in [1.807, 2.05) is 12.4 Å². The summed E-state index contributed by atoms with van der Waals surface area (Å²) in [6.07, 6.45) is 5.64. The number of hydrogen-bond donors (Lipinski definition) is 1. The molecule has 0 unspecified atom stereocenters. The Morgan fingerprint density at radius 1 is 1.21 bits per heavy atom. The van der Waals surface area contributed by atoms with Crippen LogP contribution < -0.4 is 14.8 Å². The van der Waals surface area contributed by atoms with Crippen LogP contribution in [-0.2, 0) is 19.4 Å². The summed E-state index contributed by atoms with van der Waals surface area (Å²) < 4.78 is 10.9. The van der Waals surface area contributed by atoms with Gasteiger partial charge in [0.2, 0.25) is 0 Å². The normalized spacial score (nSPS) is 13.9. The van der Waals surface area contributed by atoms with Crippen LogP contribution >= 0.6 is 0 Å². The van der Waals surface area contributed by atoms with Crippen LogP contribution in [0, 0.1) is 6.92 Å². The van der Waals surface area contributed by atoms with Crippen molar-refractivity contribution in [2.24, 2.45) is 4.99 Å². The second-order valence-corrected chi connectivity index (χ2v) is 6.94. The van der Waals surface area contributed by atoms with Crippen molar-refractivity contribution in [1.29, 1.82) is 0 Å². The van der Waals surface area contributed by atoms with Gasteiger partial charge in [0.05, 0.1) is 14.2 Å². The standard InChI is InChI=1S/C22H30N4O2/c1-5-24-22(25-10-7-17-6-9-23-14-16(17)2)26-11-8-18-12-20(27-3)21(28-4)13-19(18)15-26/h6,9,12-14H,5,7-8,10-11,15H2,1-4H3,(H,24,25). The van der Waals surface area contributed by atoms with Gasteiger partial charge >= 0.3 is 0 Å². The first-order chi connectivity index (χ1) is 13.7. The molecule has 6 heteroatoms. The van der Waals surface area contributed by atoms with Gasteiger partial charge in [-0.1, -0.05) is 0 Å². The highest BCUT2D eigenvalue weighted by atomic mass is 16.5. The van der Waals surface area contributed by atoms with Crippen molar-refractivity contribution < 1.29 is 9.47 Å². The zero-order chi connectivity index (χ0) is 19.9. The molecule has 1 aliphatic heterocycles. The molecule has 1 aromatic heterocycles. The van der Waals surface area contributed by atoms with Gasteiger partial charge in [-0.2, -0.15) is 0 Å². The van der Waals surface area contributed by atoms with Crippen LogP contribution in [0.2, 0.25) is 0 Å². The third-order valence-corrected chi connectivity index (χ3v) is 5.13. The molecular weight excluding hydrogens is 352 g/mol. The van der Waals surface area contributed by atoms with Gasteiger partial charge in [0.25, 0.3) is 0 Å². The summed E-state index contributed by atoms with van der Waals surface area (Å²) in [4.78, 5) is 11.4. The van der Waals surface area contributed by atoms with Gasteiger partial charge in [-0.05, 0) is 67.1 Å². The largest absolute Gasteiger partial charge is 0.493 e. The Labute approximate surface area is 167 Å². The summed E-state index contributed by atoms with van der Waals surface area (Å²) in [6.45, 7) is 7.55. The van der Waals surface area contributed by atoms with Gasteiger partial charge < -0.3 is 19.7 Å². The van der Waals surface area contributed by atoms with Crippen molar-refractivity contribution in [3.05, 3.63) is 52.8 Å². The van der Waals surface area contributed by atoms with E-state index in [1.165, 1.54) is 22.3 Å². The molecule has 0 radical (unpaired) electrons. The van der Waals surface area contributed by atoms with E-state index in [0.29, 0.717) is 0 Å². The highest BCUT2D eigenvalue weighted by Crippen LogP contribution is 2.33. The Morgan fingerprint density at radius 2 is 1.96 bits per heavy atom. The highest BCUT2D eigenvalue weighted by molar-refractivity contribution is 5.80. The molecule has 0 atom stereocenters. The van der Waals surface area contributed by atoms with Gasteiger partial charge in [-0.15, -0.1) is 0 Å². The fourth-order valence-electron chi connectivity index (χ4n) is 3.55. The molecule has 0 saturated carbocycles. The van der Waals surface area contributed by atoms with Crippen LogP contribution in [0.1, 0.15) is 29.2 Å². The molecule has 1 aromatic carbocycles. The second-order valence-electron chi connectivity index (χ2n) is 6.94. The van der Waals surface area contributed by atoms with E-state index in [-0.39, 0.29) is 0 Å². The number of hydrogen-bond acceptors (Lipinski definition) is 4. The number of methoxy groups -OCH3 is 2. The van der Waals surface area contributed by atoms with Crippen molar-refractivity contribution >= 4 is 5.96 Å². The molecule has 0 bridgehead atoms. The Balaban J connectivity index is 1.73. The molecule has 0 fully saturated rings. The molecule has 6 nitrogen and oxygen atoms in total.